The topological polar surface area (TPSA) is 47.3 Å². The number of benzene rings is 1. The molecule has 1 aromatic rings. The molecule has 1 saturated heterocycles. The molecule has 1 N–H and O–H groups in total. The first-order valence-electron chi connectivity index (χ1n) is 7.11. The van der Waals surface area contributed by atoms with E-state index in [4.69, 9.17) is 5.26 Å². The molecule has 0 amide bonds. The van der Waals surface area contributed by atoms with Crippen LogP contribution in [0, 0.1) is 23.1 Å². The molecular weight excluding hydrogens is 255 g/mol. The second kappa shape index (κ2) is 5.41. The van der Waals surface area contributed by atoms with Crippen molar-refractivity contribution < 1.29 is 9.50 Å². The third-order valence-corrected chi connectivity index (χ3v) is 4.32. The van der Waals surface area contributed by atoms with Gasteiger partial charge in [-0.15, -0.1) is 0 Å². The van der Waals surface area contributed by atoms with Gasteiger partial charge in [-0.25, -0.2) is 4.39 Å². The molecule has 0 bridgehead atoms. The fraction of sp³-hybridized carbons (Fsp3) is 0.562. The maximum absolute atomic E-state index is 13.8. The van der Waals surface area contributed by atoms with Gasteiger partial charge in [0.2, 0.25) is 0 Å². The molecule has 0 spiro atoms. The molecule has 0 aromatic heterocycles. The lowest BCUT2D eigenvalue weighted by Crippen LogP contribution is -2.47. The Kier molecular flexibility index (Phi) is 4.01. The van der Waals surface area contributed by atoms with Crippen LogP contribution in [-0.2, 0) is 0 Å². The van der Waals surface area contributed by atoms with E-state index in [9.17, 15) is 9.50 Å². The van der Waals surface area contributed by atoms with Crippen LogP contribution < -0.4 is 4.90 Å². The molecule has 1 fully saturated rings. The van der Waals surface area contributed by atoms with Gasteiger partial charge < -0.3 is 10.0 Å². The van der Waals surface area contributed by atoms with Crippen LogP contribution in [0.4, 0.5) is 10.1 Å². The lowest BCUT2D eigenvalue weighted by molar-refractivity contribution is 0.0148. The number of anilines is 1. The fourth-order valence-corrected chi connectivity index (χ4v) is 3.32. The SMILES string of the molecule is CCC1(O)CCN(c2ccc(C#N)c(F)c2)C1C(C)C. The van der Waals surface area contributed by atoms with Crippen LogP contribution in [0.15, 0.2) is 18.2 Å². The summed E-state index contributed by atoms with van der Waals surface area (Å²) in [5.74, 6) is -0.236. The number of rotatable bonds is 3. The maximum Gasteiger partial charge on any atom is 0.143 e. The summed E-state index contributed by atoms with van der Waals surface area (Å²) in [7, 11) is 0. The van der Waals surface area contributed by atoms with Gasteiger partial charge in [-0.2, -0.15) is 5.26 Å². The summed E-state index contributed by atoms with van der Waals surface area (Å²) in [6, 6.07) is 6.47. The van der Waals surface area contributed by atoms with Crippen LogP contribution in [0.25, 0.3) is 0 Å². The highest BCUT2D eigenvalue weighted by atomic mass is 19.1. The van der Waals surface area contributed by atoms with Crippen molar-refractivity contribution >= 4 is 5.69 Å². The molecular formula is C16H21FN2O. The summed E-state index contributed by atoms with van der Waals surface area (Å²) < 4.78 is 13.8. The molecule has 108 valence electrons. The van der Waals surface area contributed by atoms with Crippen molar-refractivity contribution in [2.75, 3.05) is 11.4 Å². The lowest BCUT2D eigenvalue weighted by atomic mass is 9.84. The van der Waals surface area contributed by atoms with Gasteiger partial charge in [0, 0.05) is 12.2 Å². The minimum absolute atomic E-state index is 0.0279. The standard InChI is InChI=1S/C16H21FN2O/c1-4-16(20)7-8-19(15(16)11(2)3)13-6-5-12(10-18)14(17)9-13/h5-6,9,11,15,20H,4,7-8H2,1-3H3. The van der Waals surface area contributed by atoms with Crippen molar-refractivity contribution in [1.29, 1.82) is 5.26 Å². The first-order chi connectivity index (χ1) is 9.42. The van der Waals surface area contributed by atoms with Crippen molar-refractivity contribution in [3.05, 3.63) is 29.6 Å². The fourth-order valence-electron chi connectivity index (χ4n) is 3.32. The van der Waals surface area contributed by atoms with E-state index in [0.717, 1.165) is 5.69 Å². The van der Waals surface area contributed by atoms with E-state index in [1.165, 1.54) is 12.1 Å². The quantitative estimate of drug-likeness (QED) is 0.923. The molecule has 20 heavy (non-hydrogen) atoms. The molecule has 4 heteroatoms. The zero-order chi connectivity index (χ0) is 14.9. The highest BCUT2D eigenvalue weighted by molar-refractivity contribution is 5.53. The highest BCUT2D eigenvalue weighted by Gasteiger charge is 2.46. The number of halogens is 1. The van der Waals surface area contributed by atoms with Crippen LogP contribution in [0.2, 0.25) is 0 Å². The first-order valence-corrected chi connectivity index (χ1v) is 7.11. The number of hydrogen-bond donors (Lipinski definition) is 1. The number of nitrogens with zero attached hydrogens (tertiary/aromatic N) is 2. The molecule has 2 atom stereocenters. The zero-order valence-electron chi connectivity index (χ0n) is 12.2. The number of hydrogen-bond acceptors (Lipinski definition) is 3. The summed E-state index contributed by atoms with van der Waals surface area (Å²) in [6.45, 7) is 6.84. The molecule has 0 radical (unpaired) electrons. The van der Waals surface area contributed by atoms with Crippen LogP contribution in [0.3, 0.4) is 0 Å². The van der Waals surface area contributed by atoms with Crippen molar-refractivity contribution in [3.63, 3.8) is 0 Å². The Labute approximate surface area is 119 Å². The first kappa shape index (κ1) is 14.8. The molecule has 3 nitrogen and oxygen atoms in total. The van der Waals surface area contributed by atoms with Crippen LogP contribution in [-0.4, -0.2) is 23.3 Å². The number of nitriles is 1. The Balaban J connectivity index is 2.38. The Hall–Kier alpha value is -1.60. The minimum atomic E-state index is -0.724. The van der Waals surface area contributed by atoms with Gasteiger partial charge in [0.1, 0.15) is 11.9 Å². The molecule has 1 aliphatic rings. The lowest BCUT2D eigenvalue weighted by Gasteiger charge is -2.37. The molecule has 1 heterocycles. The Morgan fingerprint density at radius 2 is 2.25 bits per heavy atom. The van der Waals surface area contributed by atoms with E-state index < -0.39 is 11.4 Å². The minimum Gasteiger partial charge on any atom is -0.388 e. The van der Waals surface area contributed by atoms with E-state index in [1.807, 2.05) is 13.0 Å². The van der Waals surface area contributed by atoms with Gasteiger partial charge in [0.05, 0.1) is 17.2 Å². The molecule has 0 aliphatic carbocycles. The summed E-state index contributed by atoms with van der Waals surface area (Å²) in [6.07, 6.45) is 1.37. The van der Waals surface area contributed by atoms with Crippen molar-refractivity contribution in [2.45, 2.75) is 45.3 Å². The molecule has 2 unspecified atom stereocenters. The van der Waals surface area contributed by atoms with Crippen LogP contribution in [0.1, 0.15) is 39.2 Å². The van der Waals surface area contributed by atoms with Crippen molar-refractivity contribution in [2.24, 2.45) is 5.92 Å². The van der Waals surface area contributed by atoms with E-state index >= 15 is 0 Å². The van der Waals surface area contributed by atoms with Gasteiger partial charge in [-0.05, 0) is 37.0 Å². The van der Waals surface area contributed by atoms with Crippen molar-refractivity contribution in [1.82, 2.24) is 0 Å². The summed E-state index contributed by atoms with van der Waals surface area (Å²) >= 11 is 0. The molecule has 0 saturated carbocycles. The van der Waals surface area contributed by atoms with Gasteiger partial charge in [0.15, 0.2) is 0 Å². The number of aliphatic hydroxyl groups is 1. The Morgan fingerprint density at radius 1 is 1.55 bits per heavy atom. The van der Waals surface area contributed by atoms with Crippen LogP contribution in [0.5, 0.6) is 0 Å². The van der Waals surface area contributed by atoms with Crippen molar-refractivity contribution in [3.8, 4) is 6.07 Å². The normalized spacial score (nSPS) is 26.1. The summed E-state index contributed by atoms with van der Waals surface area (Å²) in [5.41, 5.74) is 0.0720. The monoisotopic (exact) mass is 276 g/mol. The predicted octanol–water partition coefficient (Wildman–Crippen LogP) is 3.07. The smallest absolute Gasteiger partial charge is 0.143 e. The third kappa shape index (κ3) is 2.38. The molecule has 1 aromatic carbocycles. The average Bonchev–Trinajstić information content (AvgIpc) is 2.77. The Morgan fingerprint density at radius 3 is 2.75 bits per heavy atom. The van der Waals surface area contributed by atoms with Gasteiger partial charge in [-0.1, -0.05) is 20.8 Å². The van der Waals surface area contributed by atoms with E-state index in [2.05, 4.69) is 18.7 Å². The third-order valence-electron chi connectivity index (χ3n) is 4.32. The summed E-state index contributed by atoms with van der Waals surface area (Å²) in [5, 5.41) is 19.5. The van der Waals surface area contributed by atoms with Crippen LogP contribution >= 0.6 is 0 Å². The summed E-state index contributed by atoms with van der Waals surface area (Å²) in [4.78, 5) is 2.07. The van der Waals surface area contributed by atoms with Gasteiger partial charge in [0.25, 0.3) is 0 Å². The predicted molar refractivity (Wildman–Crippen MR) is 76.9 cm³/mol. The molecule has 1 aliphatic heterocycles. The largest absolute Gasteiger partial charge is 0.388 e. The maximum atomic E-state index is 13.8. The van der Waals surface area contributed by atoms with E-state index in [0.29, 0.717) is 19.4 Å². The van der Waals surface area contributed by atoms with Gasteiger partial charge >= 0.3 is 0 Å². The van der Waals surface area contributed by atoms with E-state index in [1.54, 1.807) is 6.07 Å². The Bertz CT molecular complexity index is 538. The van der Waals surface area contributed by atoms with Gasteiger partial charge in [-0.3, -0.25) is 0 Å². The molecule has 2 rings (SSSR count). The average molecular weight is 276 g/mol. The second-order valence-electron chi connectivity index (χ2n) is 5.87. The van der Waals surface area contributed by atoms with E-state index in [-0.39, 0.29) is 17.5 Å². The highest BCUT2D eigenvalue weighted by Crippen LogP contribution is 2.39. The zero-order valence-corrected chi connectivity index (χ0v) is 12.2. The second-order valence-corrected chi connectivity index (χ2v) is 5.87.